The van der Waals surface area contributed by atoms with E-state index >= 15 is 0 Å². The molecule has 130 valence electrons. The number of anilines is 1. The molecule has 0 bridgehead atoms. The summed E-state index contributed by atoms with van der Waals surface area (Å²) >= 11 is 1.62. The van der Waals surface area contributed by atoms with Crippen LogP contribution < -0.4 is 5.32 Å². The Morgan fingerprint density at radius 2 is 2.19 bits per heavy atom. The average Bonchev–Trinajstić information content (AvgIpc) is 3.33. The van der Waals surface area contributed by atoms with Gasteiger partial charge in [0.25, 0.3) is 0 Å². The minimum Gasteiger partial charge on any atom is -0.355 e. The van der Waals surface area contributed by atoms with E-state index in [1.54, 1.807) is 17.4 Å². The van der Waals surface area contributed by atoms with Gasteiger partial charge in [0.1, 0.15) is 24.0 Å². The van der Waals surface area contributed by atoms with Crippen molar-refractivity contribution in [2.24, 2.45) is 0 Å². The molecule has 0 spiro atoms. The van der Waals surface area contributed by atoms with Gasteiger partial charge in [-0.25, -0.2) is 0 Å². The molecule has 0 radical (unpaired) electrons. The van der Waals surface area contributed by atoms with E-state index in [-0.39, 0.29) is 12.5 Å². The number of carbonyl (C=O) groups is 1. The monoisotopic (exact) mass is 363 g/mol. The predicted octanol–water partition coefficient (Wildman–Crippen LogP) is 4.24. The van der Waals surface area contributed by atoms with E-state index in [2.05, 4.69) is 23.3 Å². The number of nitriles is 1. The van der Waals surface area contributed by atoms with Gasteiger partial charge in [0.2, 0.25) is 5.91 Å². The number of nitrogens with one attached hydrogen (secondary N) is 2. The van der Waals surface area contributed by atoms with E-state index in [1.807, 2.05) is 41.8 Å². The molecule has 0 saturated carbocycles. The molecule has 2 aromatic heterocycles. The van der Waals surface area contributed by atoms with Crippen LogP contribution in [0.4, 0.5) is 5.69 Å². The number of hydrogen-bond acceptors (Lipinski definition) is 4. The van der Waals surface area contributed by atoms with Gasteiger partial charge in [0.05, 0.1) is 0 Å². The lowest BCUT2D eigenvalue weighted by Crippen LogP contribution is -2.30. The maximum atomic E-state index is 12.1. The van der Waals surface area contributed by atoms with Crippen LogP contribution in [0.3, 0.4) is 0 Å². The average molecular weight is 363 g/mol. The molecule has 1 aliphatic heterocycles. The van der Waals surface area contributed by atoms with Crippen molar-refractivity contribution >= 4 is 22.9 Å². The summed E-state index contributed by atoms with van der Waals surface area (Å²) in [5, 5.41) is 14.0. The lowest BCUT2D eigenvalue weighted by molar-refractivity contribution is -0.125. The third-order valence-electron chi connectivity index (χ3n) is 4.71. The molecule has 0 unspecified atom stereocenters. The van der Waals surface area contributed by atoms with Crippen molar-refractivity contribution in [2.45, 2.75) is 18.9 Å². The third kappa shape index (κ3) is 2.62. The maximum absolute atomic E-state index is 12.1. The second-order valence-electron chi connectivity index (χ2n) is 6.15. The van der Waals surface area contributed by atoms with Crippen LogP contribution in [0.1, 0.15) is 29.5 Å². The van der Waals surface area contributed by atoms with Gasteiger partial charge in [0.15, 0.2) is 0 Å². The van der Waals surface area contributed by atoms with Crippen molar-refractivity contribution in [2.75, 3.05) is 11.9 Å². The van der Waals surface area contributed by atoms with Gasteiger partial charge in [-0.1, -0.05) is 19.1 Å². The van der Waals surface area contributed by atoms with Gasteiger partial charge in [-0.3, -0.25) is 4.79 Å². The van der Waals surface area contributed by atoms with E-state index < -0.39 is 5.60 Å². The highest BCUT2D eigenvalue weighted by Crippen LogP contribution is 2.45. The molecular formula is C20H17N3O2S. The van der Waals surface area contributed by atoms with Gasteiger partial charge in [0, 0.05) is 21.8 Å². The first-order valence-corrected chi connectivity index (χ1v) is 9.26. The zero-order valence-corrected chi connectivity index (χ0v) is 15.0. The Balaban J connectivity index is 1.91. The number of fused-ring (bicyclic) bond motifs is 1. The van der Waals surface area contributed by atoms with Crippen molar-refractivity contribution in [1.82, 2.24) is 4.98 Å². The normalized spacial score (nSPS) is 19.3. The lowest BCUT2D eigenvalue weighted by atomic mass is 9.86. The van der Waals surface area contributed by atoms with Crippen molar-refractivity contribution < 1.29 is 9.53 Å². The van der Waals surface area contributed by atoms with Gasteiger partial charge >= 0.3 is 0 Å². The fourth-order valence-corrected chi connectivity index (χ4v) is 4.38. The Bertz CT molecular complexity index is 1000. The van der Waals surface area contributed by atoms with Crippen LogP contribution in [0.5, 0.6) is 0 Å². The number of H-pyrrole nitrogens is 1. The molecule has 1 aliphatic rings. The number of carbonyl (C=O) groups excluding carboxylic acids is 1. The quantitative estimate of drug-likeness (QED) is 0.731. The molecule has 6 heteroatoms. The SMILES string of the molecule is CC[C@]1(c2cccs2)OCC(=O)Nc2ccc(-c3ccc(C#N)[nH]3)cc21. The number of aromatic nitrogens is 1. The molecule has 1 amide bonds. The van der Waals surface area contributed by atoms with Crippen molar-refractivity contribution in [3.05, 3.63) is 64.0 Å². The molecule has 0 aliphatic carbocycles. The maximum Gasteiger partial charge on any atom is 0.250 e. The van der Waals surface area contributed by atoms with Gasteiger partial charge in [-0.15, -0.1) is 11.3 Å². The summed E-state index contributed by atoms with van der Waals surface area (Å²) in [4.78, 5) is 16.3. The Morgan fingerprint density at radius 1 is 1.31 bits per heavy atom. The Kier molecular flexibility index (Phi) is 4.11. The highest BCUT2D eigenvalue weighted by atomic mass is 32.1. The molecule has 0 saturated heterocycles. The summed E-state index contributed by atoms with van der Waals surface area (Å²) < 4.78 is 6.18. The summed E-state index contributed by atoms with van der Waals surface area (Å²) in [5.74, 6) is -0.155. The van der Waals surface area contributed by atoms with Crippen LogP contribution in [0.15, 0.2) is 47.8 Å². The summed E-state index contributed by atoms with van der Waals surface area (Å²) in [7, 11) is 0. The van der Waals surface area contributed by atoms with E-state index in [9.17, 15) is 4.79 Å². The van der Waals surface area contributed by atoms with Crippen LogP contribution in [-0.2, 0) is 15.1 Å². The molecule has 0 fully saturated rings. The first kappa shape index (κ1) is 16.6. The van der Waals surface area contributed by atoms with Gasteiger partial charge in [-0.2, -0.15) is 5.26 Å². The minimum absolute atomic E-state index is 0.0107. The minimum atomic E-state index is -0.677. The highest BCUT2D eigenvalue weighted by molar-refractivity contribution is 7.10. The number of nitrogens with zero attached hydrogens (tertiary/aromatic N) is 1. The zero-order valence-electron chi connectivity index (χ0n) is 14.2. The number of thiophene rings is 1. The van der Waals surface area contributed by atoms with Gasteiger partial charge < -0.3 is 15.0 Å². The first-order chi connectivity index (χ1) is 12.7. The van der Waals surface area contributed by atoms with Crippen molar-refractivity contribution in [3.8, 4) is 17.3 Å². The van der Waals surface area contributed by atoms with Crippen LogP contribution in [0, 0.1) is 11.3 Å². The summed E-state index contributed by atoms with van der Waals surface area (Å²) in [6, 6.07) is 15.7. The number of rotatable bonds is 3. The third-order valence-corrected chi connectivity index (χ3v) is 5.73. The number of ether oxygens (including phenoxy) is 1. The largest absolute Gasteiger partial charge is 0.355 e. The van der Waals surface area contributed by atoms with Crippen LogP contribution in [0.25, 0.3) is 11.3 Å². The molecule has 1 aromatic carbocycles. The summed E-state index contributed by atoms with van der Waals surface area (Å²) in [6.45, 7) is 2.07. The number of aromatic amines is 1. The summed E-state index contributed by atoms with van der Waals surface area (Å²) in [6.07, 6.45) is 0.701. The molecule has 26 heavy (non-hydrogen) atoms. The second kappa shape index (κ2) is 6.45. The molecule has 3 aromatic rings. The predicted molar refractivity (Wildman–Crippen MR) is 101 cm³/mol. The number of hydrogen-bond donors (Lipinski definition) is 2. The van der Waals surface area contributed by atoms with Crippen molar-refractivity contribution in [1.29, 1.82) is 5.26 Å². The smallest absolute Gasteiger partial charge is 0.250 e. The zero-order chi connectivity index (χ0) is 18.1. The van der Waals surface area contributed by atoms with Gasteiger partial charge in [-0.05, 0) is 47.7 Å². The van der Waals surface area contributed by atoms with Crippen molar-refractivity contribution in [3.63, 3.8) is 0 Å². The summed E-state index contributed by atoms with van der Waals surface area (Å²) in [5.41, 5.74) is 3.33. The van der Waals surface area contributed by atoms with E-state index in [0.717, 1.165) is 27.4 Å². The molecule has 1 atom stereocenters. The number of amides is 1. The fraction of sp³-hybridized carbons (Fsp3) is 0.200. The number of benzene rings is 1. The van der Waals surface area contributed by atoms with E-state index in [1.165, 1.54) is 0 Å². The van der Waals surface area contributed by atoms with Crippen LogP contribution >= 0.6 is 11.3 Å². The first-order valence-electron chi connectivity index (χ1n) is 8.38. The Morgan fingerprint density at radius 3 is 2.88 bits per heavy atom. The second-order valence-corrected chi connectivity index (χ2v) is 7.10. The van der Waals surface area contributed by atoms with Crippen LogP contribution in [-0.4, -0.2) is 17.5 Å². The standard InChI is InChI=1S/C20H17N3O2S/c1-2-20(18-4-3-9-26-18)15-10-13(16-8-6-14(11-21)22-16)5-7-17(15)23-19(24)12-25-20/h3-10,22H,2,12H2,1H3,(H,23,24)/t20-/m0/s1. The Labute approximate surface area is 155 Å². The topological polar surface area (TPSA) is 77.9 Å². The lowest BCUT2D eigenvalue weighted by Gasteiger charge is -2.32. The van der Waals surface area contributed by atoms with E-state index in [4.69, 9.17) is 10.00 Å². The Hall–Kier alpha value is -2.88. The highest BCUT2D eigenvalue weighted by Gasteiger charge is 2.39. The van der Waals surface area contributed by atoms with Crippen LogP contribution in [0.2, 0.25) is 0 Å². The molecular weight excluding hydrogens is 346 g/mol. The molecule has 5 nitrogen and oxygen atoms in total. The fourth-order valence-electron chi connectivity index (χ4n) is 3.42. The van der Waals surface area contributed by atoms with E-state index in [0.29, 0.717) is 12.1 Å². The molecule has 2 N–H and O–H groups in total. The molecule has 4 rings (SSSR count). The molecule has 3 heterocycles.